The van der Waals surface area contributed by atoms with Gasteiger partial charge >= 0.3 is 0 Å². The zero-order chi connectivity index (χ0) is 24.5. The van der Waals surface area contributed by atoms with E-state index >= 15 is 0 Å². The molecule has 3 aromatic heterocycles. The van der Waals surface area contributed by atoms with Crippen molar-refractivity contribution in [3.05, 3.63) is 40.4 Å². The summed E-state index contributed by atoms with van der Waals surface area (Å²) < 4.78 is 5.31. The average Bonchev–Trinajstić information content (AvgIpc) is 3.38. The highest BCUT2D eigenvalue weighted by Gasteiger charge is 2.21. The van der Waals surface area contributed by atoms with Crippen molar-refractivity contribution in [2.75, 3.05) is 0 Å². The number of hydrogen-bond acceptors (Lipinski definition) is 4. The number of hydrogen-bond donors (Lipinski definition) is 0. The van der Waals surface area contributed by atoms with Crippen LogP contribution in [0.4, 0.5) is 0 Å². The molecule has 3 aromatic rings. The number of rotatable bonds is 15. The van der Waals surface area contributed by atoms with Crippen LogP contribution in [0.15, 0.2) is 29.3 Å². The molecule has 0 saturated heterocycles. The maximum absolute atomic E-state index is 13.8. The molecule has 34 heavy (non-hydrogen) atoms. The first-order valence-corrected chi connectivity index (χ1v) is 16.2. The lowest BCUT2D eigenvalue weighted by Crippen LogP contribution is -2.34. The molecular formula is C27H37Br2NO2S2. The monoisotopic (exact) mass is 629 g/mol. The Balaban J connectivity index is 1.95. The van der Waals surface area contributed by atoms with Gasteiger partial charge in [-0.25, -0.2) is 0 Å². The number of thiophene rings is 2. The van der Waals surface area contributed by atoms with Crippen LogP contribution in [0.5, 0.6) is 0 Å². The van der Waals surface area contributed by atoms with Gasteiger partial charge in [0.25, 0.3) is 11.1 Å². The van der Waals surface area contributed by atoms with Gasteiger partial charge in [0, 0.05) is 6.04 Å². The van der Waals surface area contributed by atoms with Crippen molar-refractivity contribution in [2.24, 2.45) is 0 Å². The summed E-state index contributed by atoms with van der Waals surface area (Å²) in [6.07, 6.45) is 16.4. The Morgan fingerprint density at radius 3 is 1.47 bits per heavy atom. The van der Waals surface area contributed by atoms with Crippen molar-refractivity contribution in [1.29, 1.82) is 0 Å². The second-order valence-corrected chi connectivity index (χ2v) is 14.2. The van der Waals surface area contributed by atoms with Crippen molar-refractivity contribution in [2.45, 2.75) is 110 Å². The number of aromatic nitrogens is 1. The molecule has 3 nitrogen and oxygen atoms in total. The molecule has 0 aliphatic heterocycles. The van der Waals surface area contributed by atoms with Gasteiger partial charge in [0.05, 0.1) is 27.7 Å². The third-order valence-corrected chi connectivity index (χ3v) is 10.1. The second kappa shape index (κ2) is 14.3. The summed E-state index contributed by atoms with van der Waals surface area (Å²) in [6.45, 7) is 4.47. The highest BCUT2D eigenvalue weighted by molar-refractivity contribution is 9.11. The normalized spacial score (nSPS) is 11.9. The molecule has 0 spiro atoms. The summed E-state index contributed by atoms with van der Waals surface area (Å²) in [6, 6.07) is 3.77. The molecule has 0 radical (unpaired) electrons. The highest BCUT2D eigenvalue weighted by Crippen LogP contribution is 2.38. The Morgan fingerprint density at radius 1 is 0.676 bits per heavy atom. The summed E-state index contributed by atoms with van der Waals surface area (Å²) >= 11 is 10.2. The van der Waals surface area contributed by atoms with E-state index in [2.05, 4.69) is 45.7 Å². The highest BCUT2D eigenvalue weighted by atomic mass is 79.9. The molecule has 0 aromatic carbocycles. The number of halogens is 2. The number of fused-ring (bicyclic) bond motifs is 3. The fourth-order valence-electron chi connectivity index (χ4n) is 4.78. The zero-order valence-corrected chi connectivity index (χ0v) is 25.3. The fraction of sp³-hybridized carbons (Fsp3) is 0.630. The molecule has 0 amide bonds. The molecule has 7 heteroatoms. The van der Waals surface area contributed by atoms with Gasteiger partial charge in [-0.3, -0.25) is 14.2 Å². The van der Waals surface area contributed by atoms with Gasteiger partial charge in [-0.15, -0.1) is 22.7 Å². The van der Waals surface area contributed by atoms with Crippen LogP contribution in [0, 0.1) is 0 Å². The molecule has 0 aliphatic carbocycles. The topological polar surface area (TPSA) is 39.1 Å². The van der Waals surface area contributed by atoms with Crippen LogP contribution < -0.4 is 11.1 Å². The van der Waals surface area contributed by atoms with Gasteiger partial charge < -0.3 is 0 Å². The van der Waals surface area contributed by atoms with E-state index in [0.29, 0.717) is 10.8 Å². The fourth-order valence-corrected chi connectivity index (χ4v) is 8.12. The molecule has 0 saturated carbocycles. The molecule has 0 atom stereocenters. The van der Waals surface area contributed by atoms with E-state index in [1.165, 1.54) is 64.2 Å². The zero-order valence-electron chi connectivity index (χ0n) is 20.5. The molecule has 188 valence electrons. The van der Waals surface area contributed by atoms with Crippen LogP contribution in [-0.4, -0.2) is 4.57 Å². The summed E-state index contributed by atoms with van der Waals surface area (Å²) in [7, 11) is 0. The lowest BCUT2D eigenvalue weighted by atomic mass is 9.99. The van der Waals surface area contributed by atoms with E-state index in [1.54, 1.807) is 27.2 Å². The first-order chi connectivity index (χ1) is 16.5. The summed E-state index contributed by atoms with van der Waals surface area (Å²) in [5.41, 5.74) is -0.244. The van der Waals surface area contributed by atoms with Gasteiger partial charge in [0.2, 0.25) is 0 Å². The quantitative estimate of drug-likeness (QED) is 0.157. The molecule has 0 N–H and O–H groups in total. The van der Waals surface area contributed by atoms with Crippen LogP contribution in [0.1, 0.15) is 110 Å². The van der Waals surface area contributed by atoms with Crippen molar-refractivity contribution in [3.8, 4) is 0 Å². The minimum Gasteiger partial charge on any atom is -0.271 e. The summed E-state index contributed by atoms with van der Waals surface area (Å²) in [5, 5.41) is 1.32. The van der Waals surface area contributed by atoms with Gasteiger partial charge in [0.1, 0.15) is 0 Å². The maximum atomic E-state index is 13.8. The Bertz CT molecular complexity index is 1090. The molecular weight excluding hydrogens is 594 g/mol. The van der Waals surface area contributed by atoms with Gasteiger partial charge in [-0.1, -0.05) is 90.9 Å². The van der Waals surface area contributed by atoms with Crippen molar-refractivity contribution >= 4 is 74.7 Å². The maximum Gasteiger partial charge on any atom is 0.262 e. The Labute approximate surface area is 228 Å². The predicted octanol–water partition coefficient (Wildman–Crippen LogP) is 10.2. The standard InChI is InChI=1S/C27H37Br2NO2S2/c1-3-5-7-9-11-13-15-19(16-14-12-10-8-6-4-2)30-26(31)20-17-22(28)33-24(20)25-21(27(30)32)18-23(29)34-25/h17-19H,3-16H2,1-2H3. The van der Waals surface area contributed by atoms with Crippen molar-refractivity contribution in [3.63, 3.8) is 0 Å². The third kappa shape index (κ3) is 7.27. The van der Waals surface area contributed by atoms with Crippen LogP contribution >= 0.6 is 54.5 Å². The van der Waals surface area contributed by atoms with Crippen molar-refractivity contribution in [1.82, 2.24) is 4.57 Å². The lowest BCUT2D eigenvalue weighted by molar-refractivity contribution is 0.382. The van der Waals surface area contributed by atoms with E-state index in [0.717, 1.165) is 42.7 Å². The van der Waals surface area contributed by atoms with E-state index in [4.69, 9.17) is 0 Å². The van der Waals surface area contributed by atoms with Crippen molar-refractivity contribution < 1.29 is 0 Å². The van der Waals surface area contributed by atoms with Crippen LogP contribution in [0.25, 0.3) is 20.2 Å². The minimum absolute atomic E-state index is 0.0338. The second-order valence-electron chi connectivity index (χ2n) is 9.33. The molecule has 0 fully saturated rings. The molecule has 3 heterocycles. The van der Waals surface area contributed by atoms with Crippen LogP contribution in [0.3, 0.4) is 0 Å². The summed E-state index contributed by atoms with van der Waals surface area (Å²) in [4.78, 5) is 27.6. The predicted molar refractivity (Wildman–Crippen MR) is 158 cm³/mol. The largest absolute Gasteiger partial charge is 0.271 e. The van der Waals surface area contributed by atoms with E-state index in [9.17, 15) is 9.59 Å². The van der Waals surface area contributed by atoms with Crippen LogP contribution in [0.2, 0.25) is 0 Å². The molecule has 0 unspecified atom stereocenters. The Morgan fingerprint density at radius 2 is 1.06 bits per heavy atom. The molecule has 3 rings (SSSR count). The lowest BCUT2D eigenvalue weighted by Gasteiger charge is -2.18. The molecule has 0 bridgehead atoms. The number of nitrogens with zero attached hydrogens (tertiary/aromatic N) is 1. The van der Waals surface area contributed by atoms with Gasteiger partial charge in [-0.05, 0) is 56.8 Å². The van der Waals surface area contributed by atoms with Crippen LogP contribution in [-0.2, 0) is 0 Å². The number of unbranched alkanes of at least 4 members (excludes halogenated alkanes) is 10. The third-order valence-electron chi connectivity index (χ3n) is 6.66. The minimum atomic E-state index is -0.122. The summed E-state index contributed by atoms with van der Waals surface area (Å²) in [5.74, 6) is 0. The van der Waals surface area contributed by atoms with E-state index < -0.39 is 0 Å². The first kappa shape index (κ1) is 28.1. The first-order valence-electron chi connectivity index (χ1n) is 12.9. The van der Waals surface area contributed by atoms with E-state index in [1.807, 2.05) is 12.1 Å². The SMILES string of the molecule is CCCCCCCCC(CCCCCCCC)n1c(=O)c2cc(Br)sc2c2sc(Br)cc2c1=O. The van der Waals surface area contributed by atoms with Gasteiger partial charge in [0.15, 0.2) is 0 Å². The Hall–Kier alpha value is -0.500. The smallest absolute Gasteiger partial charge is 0.262 e. The van der Waals surface area contributed by atoms with Gasteiger partial charge in [-0.2, -0.15) is 0 Å². The average molecular weight is 632 g/mol. The Kier molecular flexibility index (Phi) is 11.8. The molecule has 0 aliphatic rings. The van der Waals surface area contributed by atoms with E-state index in [-0.39, 0.29) is 17.2 Å².